The maximum Gasteiger partial charge on any atom is 0.162 e. The number of nitrogens with zero attached hydrogens (tertiary/aromatic N) is 4. The highest BCUT2D eigenvalue weighted by Crippen LogP contribution is 2.25. The van der Waals surface area contributed by atoms with Crippen molar-refractivity contribution >= 4 is 5.82 Å². The summed E-state index contributed by atoms with van der Waals surface area (Å²) in [4.78, 5) is 15.9. The van der Waals surface area contributed by atoms with Gasteiger partial charge in [0.05, 0.1) is 5.69 Å². The van der Waals surface area contributed by atoms with Crippen LogP contribution < -0.4 is 4.90 Å². The average Bonchev–Trinajstić information content (AvgIpc) is 2.64. The van der Waals surface area contributed by atoms with E-state index in [2.05, 4.69) is 23.7 Å². The van der Waals surface area contributed by atoms with Gasteiger partial charge in [0.2, 0.25) is 0 Å². The smallest absolute Gasteiger partial charge is 0.162 e. The van der Waals surface area contributed by atoms with Crippen LogP contribution in [0.2, 0.25) is 0 Å². The van der Waals surface area contributed by atoms with Crippen LogP contribution in [0.5, 0.6) is 0 Å². The molecule has 0 saturated carbocycles. The summed E-state index contributed by atoms with van der Waals surface area (Å²) in [5.41, 5.74) is 2.92. The third-order valence-electron chi connectivity index (χ3n) is 3.79. The number of pyridine rings is 1. The van der Waals surface area contributed by atoms with Crippen molar-refractivity contribution in [2.75, 3.05) is 18.0 Å². The zero-order chi connectivity index (χ0) is 16.1. The van der Waals surface area contributed by atoms with Gasteiger partial charge in [0.25, 0.3) is 0 Å². The van der Waals surface area contributed by atoms with Crippen LogP contribution in [-0.4, -0.2) is 28.0 Å². The topological polar surface area (TPSA) is 41.9 Å². The second kappa shape index (κ2) is 7.01. The number of benzene rings is 1. The Morgan fingerprint density at radius 1 is 0.870 bits per heavy atom. The van der Waals surface area contributed by atoms with Gasteiger partial charge in [0, 0.05) is 42.7 Å². The first-order valence-corrected chi connectivity index (χ1v) is 7.91. The van der Waals surface area contributed by atoms with E-state index in [4.69, 9.17) is 9.97 Å². The summed E-state index contributed by atoms with van der Waals surface area (Å²) in [6, 6.07) is 16.1. The van der Waals surface area contributed by atoms with Gasteiger partial charge in [-0.3, -0.25) is 4.98 Å². The van der Waals surface area contributed by atoms with Crippen molar-refractivity contribution in [3.05, 3.63) is 60.9 Å². The van der Waals surface area contributed by atoms with Gasteiger partial charge in [-0.2, -0.15) is 0 Å². The van der Waals surface area contributed by atoms with Crippen LogP contribution in [0.4, 0.5) is 5.82 Å². The molecule has 0 unspecified atom stereocenters. The normalized spacial score (nSPS) is 10.5. The Hall–Kier alpha value is -2.75. The molecule has 0 fully saturated rings. The summed E-state index contributed by atoms with van der Waals surface area (Å²) >= 11 is 0. The van der Waals surface area contributed by atoms with Crippen molar-refractivity contribution < 1.29 is 0 Å². The molecule has 3 rings (SSSR count). The van der Waals surface area contributed by atoms with Crippen molar-refractivity contribution in [2.45, 2.75) is 13.8 Å². The van der Waals surface area contributed by atoms with Crippen molar-refractivity contribution in [1.29, 1.82) is 0 Å². The molecular formula is C19H20N4. The van der Waals surface area contributed by atoms with Gasteiger partial charge in [-0.15, -0.1) is 0 Å². The van der Waals surface area contributed by atoms with E-state index in [-0.39, 0.29) is 0 Å². The molecule has 0 atom stereocenters. The zero-order valence-electron chi connectivity index (χ0n) is 13.5. The maximum absolute atomic E-state index is 4.77. The second-order valence-electron chi connectivity index (χ2n) is 5.22. The van der Waals surface area contributed by atoms with Gasteiger partial charge in [-0.1, -0.05) is 30.3 Å². The molecule has 2 heterocycles. The molecule has 0 spiro atoms. The molecule has 1 aromatic carbocycles. The lowest BCUT2D eigenvalue weighted by atomic mass is 10.1. The Labute approximate surface area is 136 Å². The molecule has 0 radical (unpaired) electrons. The average molecular weight is 304 g/mol. The quantitative estimate of drug-likeness (QED) is 0.713. The molecule has 0 aliphatic rings. The molecule has 0 amide bonds. The highest BCUT2D eigenvalue weighted by atomic mass is 15.2. The number of anilines is 1. The Morgan fingerprint density at radius 2 is 1.61 bits per heavy atom. The van der Waals surface area contributed by atoms with E-state index in [0.29, 0.717) is 0 Å². The highest BCUT2D eigenvalue weighted by molar-refractivity contribution is 5.67. The van der Waals surface area contributed by atoms with Crippen LogP contribution >= 0.6 is 0 Å². The predicted octanol–water partition coefficient (Wildman–Crippen LogP) is 4.05. The number of aromatic nitrogens is 3. The first kappa shape index (κ1) is 15.2. The molecule has 0 bridgehead atoms. The maximum atomic E-state index is 4.77. The second-order valence-corrected chi connectivity index (χ2v) is 5.22. The summed E-state index contributed by atoms with van der Waals surface area (Å²) in [7, 11) is 0. The zero-order valence-corrected chi connectivity index (χ0v) is 13.5. The lowest BCUT2D eigenvalue weighted by molar-refractivity contribution is 0.843. The Kier molecular flexibility index (Phi) is 4.62. The Balaban J connectivity index is 2.15. The van der Waals surface area contributed by atoms with E-state index in [0.717, 1.165) is 41.6 Å². The summed E-state index contributed by atoms with van der Waals surface area (Å²) < 4.78 is 0. The fourth-order valence-corrected chi connectivity index (χ4v) is 2.52. The third kappa shape index (κ3) is 3.37. The summed E-state index contributed by atoms with van der Waals surface area (Å²) in [5.74, 6) is 1.69. The van der Waals surface area contributed by atoms with Crippen molar-refractivity contribution in [3.8, 4) is 22.6 Å². The van der Waals surface area contributed by atoms with Crippen LogP contribution in [0.15, 0.2) is 60.9 Å². The standard InChI is InChI=1S/C19H20N4/c1-3-23(4-2)18-13-17(16-11-8-12-20-14-16)21-19(22-18)15-9-6-5-7-10-15/h5-14H,3-4H2,1-2H3. The number of rotatable bonds is 5. The SMILES string of the molecule is CCN(CC)c1cc(-c2cccnc2)nc(-c2ccccc2)n1. The van der Waals surface area contributed by atoms with Crippen LogP contribution in [0.1, 0.15) is 13.8 Å². The fourth-order valence-electron chi connectivity index (χ4n) is 2.52. The van der Waals surface area contributed by atoms with Gasteiger partial charge in [0.1, 0.15) is 5.82 Å². The lowest BCUT2D eigenvalue weighted by Crippen LogP contribution is -2.23. The molecule has 0 saturated heterocycles. The minimum absolute atomic E-state index is 0.744. The molecule has 4 nitrogen and oxygen atoms in total. The van der Waals surface area contributed by atoms with E-state index in [9.17, 15) is 0 Å². The molecule has 116 valence electrons. The van der Waals surface area contributed by atoms with Crippen molar-refractivity contribution in [2.24, 2.45) is 0 Å². The summed E-state index contributed by atoms with van der Waals surface area (Å²) in [6.07, 6.45) is 3.61. The first-order valence-electron chi connectivity index (χ1n) is 7.91. The monoisotopic (exact) mass is 304 g/mol. The predicted molar refractivity (Wildman–Crippen MR) is 94.3 cm³/mol. The Bertz CT molecular complexity index is 695. The molecule has 0 N–H and O–H groups in total. The van der Waals surface area contributed by atoms with Crippen LogP contribution in [0.3, 0.4) is 0 Å². The van der Waals surface area contributed by atoms with Gasteiger partial charge < -0.3 is 4.90 Å². The largest absolute Gasteiger partial charge is 0.357 e. The van der Waals surface area contributed by atoms with E-state index in [1.807, 2.05) is 54.7 Å². The molecule has 2 aromatic heterocycles. The van der Waals surface area contributed by atoms with Gasteiger partial charge in [0.15, 0.2) is 5.82 Å². The minimum atomic E-state index is 0.744. The van der Waals surface area contributed by atoms with E-state index in [1.165, 1.54) is 0 Å². The molecule has 23 heavy (non-hydrogen) atoms. The van der Waals surface area contributed by atoms with Gasteiger partial charge in [-0.25, -0.2) is 9.97 Å². The lowest BCUT2D eigenvalue weighted by Gasteiger charge is -2.21. The fraction of sp³-hybridized carbons (Fsp3) is 0.211. The van der Waals surface area contributed by atoms with Crippen LogP contribution in [-0.2, 0) is 0 Å². The van der Waals surface area contributed by atoms with Crippen molar-refractivity contribution in [1.82, 2.24) is 15.0 Å². The summed E-state index contributed by atoms with van der Waals surface area (Å²) in [5, 5.41) is 0. The van der Waals surface area contributed by atoms with E-state index < -0.39 is 0 Å². The molecule has 3 aromatic rings. The summed E-state index contributed by atoms with van der Waals surface area (Å²) in [6.45, 7) is 6.09. The number of hydrogen-bond donors (Lipinski definition) is 0. The van der Waals surface area contributed by atoms with Crippen molar-refractivity contribution in [3.63, 3.8) is 0 Å². The van der Waals surface area contributed by atoms with E-state index >= 15 is 0 Å². The highest BCUT2D eigenvalue weighted by Gasteiger charge is 2.12. The molecule has 0 aliphatic heterocycles. The molecule has 0 aliphatic carbocycles. The van der Waals surface area contributed by atoms with E-state index in [1.54, 1.807) is 6.20 Å². The van der Waals surface area contributed by atoms with Gasteiger partial charge in [-0.05, 0) is 26.0 Å². The number of hydrogen-bond acceptors (Lipinski definition) is 4. The van der Waals surface area contributed by atoms with Crippen LogP contribution in [0.25, 0.3) is 22.6 Å². The van der Waals surface area contributed by atoms with Crippen LogP contribution in [0, 0.1) is 0 Å². The molecule has 4 heteroatoms. The first-order chi connectivity index (χ1) is 11.3. The molecular weight excluding hydrogens is 284 g/mol. The Morgan fingerprint density at radius 3 is 2.26 bits per heavy atom. The minimum Gasteiger partial charge on any atom is -0.357 e. The van der Waals surface area contributed by atoms with Gasteiger partial charge >= 0.3 is 0 Å². The third-order valence-corrected chi connectivity index (χ3v) is 3.79.